The Balaban J connectivity index is 1.18. The lowest BCUT2D eigenvalue weighted by molar-refractivity contribution is -0.0395. The first-order valence-electron chi connectivity index (χ1n) is 11.7. The van der Waals surface area contributed by atoms with Gasteiger partial charge in [0.05, 0.1) is 19.3 Å². The summed E-state index contributed by atoms with van der Waals surface area (Å²) in [6.45, 7) is 1.98. The number of anilines is 1. The number of nitrogens with one attached hydrogen (secondary N) is 1. The molecule has 1 saturated carbocycles. The molecule has 0 amide bonds. The second-order valence-corrected chi connectivity index (χ2v) is 8.72. The SMILES string of the molecule is COc1ccc(-c2nc(-c3ccc(N4CCC(OC5CCCCC5)CC4)nc3)n[nH]2)cc1. The molecular formula is C25H31N5O2. The summed E-state index contributed by atoms with van der Waals surface area (Å²) in [5, 5.41) is 7.40. The van der Waals surface area contributed by atoms with Crippen molar-refractivity contribution in [3.8, 4) is 28.5 Å². The van der Waals surface area contributed by atoms with Crippen LogP contribution in [0.2, 0.25) is 0 Å². The van der Waals surface area contributed by atoms with E-state index >= 15 is 0 Å². The minimum Gasteiger partial charge on any atom is -0.497 e. The Morgan fingerprint density at radius 1 is 0.875 bits per heavy atom. The van der Waals surface area contributed by atoms with Crippen molar-refractivity contribution in [2.45, 2.75) is 57.2 Å². The summed E-state index contributed by atoms with van der Waals surface area (Å²) in [6, 6.07) is 11.9. The van der Waals surface area contributed by atoms with Crippen LogP contribution >= 0.6 is 0 Å². The Morgan fingerprint density at radius 3 is 2.28 bits per heavy atom. The molecule has 0 spiro atoms. The lowest BCUT2D eigenvalue weighted by Gasteiger charge is -2.35. The number of hydrogen-bond acceptors (Lipinski definition) is 6. The Kier molecular flexibility index (Phi) is 6.34. The van der Waals surface area contributed by atoms with Gasteiger partial charge in [0.25, 0.3) is 0 Å². The van der Waals surface area contributed by atoms with Crippen molar-refractivity contribution < 1.29 is 9.47 Å². The standard InChI is InChI=1S/C25H31N5O2/c1-31-20-10-7-18(8-11-20)24-27-25(29-28-24)19-9-12-23(26-17-19)30-15-13-22(14-16-30)32-21-5-3-2-4-6-21/h7-12,17,21-22H,2-6,13-16H2,1H3,(H,27,28,29). The zero-order valence-electron chi connectivity index (χ0n) is 18.7. The van der Waals surface area contributed by atoms with Gasteiger partial charge in [-0.15, -0.1) is 0 Å². The largest absolute Gasteiger partial charge is 0.497 e. The summed E-state index contributed by atoms with van der Waals surface area (Å²) >= 11 is 0. The predicted octanol–water partition coefficient (Wildman–Crippen LogP) is 4.86. The maximum Gasteiger partial charge on any atom is 0.183 e. The maximum atomic E-state index is 6.37. The number of pyridine rings is 1. The lowest BCUT2D eigenvalue weighted by Crippen LogP contribution is -2.39. The topological polar surface area (TPSA) is 76.2 Å². The average molecular weight is 434 g/mol. The molecule has 2 fully saturated rings. The van der Waals surface area contributed by atoms with E-state index in [2.05, 4.69) is 26.1 Å². The van der Waals surface area contributed by atoms with Gasteiger partial charge in [0.15, 0.2) is 11.6 Å². The number of aromatic nitrogens is 4. The molecule has 7 heteroatoms. The number of ether oxygens (including phenoxy) is 2. The van der Waals surface area contributed by atoms with E-state index in [1.807, 2.05) is 36.5 Å². The highest BCUT2D eigenvalue weighted by Gasteiger charge is 2.24. The molecule has 0 atom stereocenters. The first-order valence-corrected chi connectivity index (χ1v) is 11.7. The number of rotatable bonds is 6. The van der Waals surface area contributed by atoms with E-state index in [4.69, 9.17) is 14.5 Å². The summed E-state index contributed by atoms with van der Waals surface area (Å²) in [6.07, 6.45) is 11.4. The fraction of sp³-hybridized carbons (Fsp3) is 0.480. The van der Waals surface area contributed by atoms with E-state index in [0.29, 0.717) is 18.0 Å². The third-order valence-corrected chi connectivity index (χ3v) is 6.56. The van der Waals surface area contributed by atoms with E-state index in [1.54, 1.807) is 7.11 Å². The number of benzene rings is 1. The molecule has 7 nitrogen and oxygen atoms in total. The molecule has 0 radical (unpaired) electrons. The van der Waals surface area contributed by atoms with Crippen LogP contribution in [-0.4, -0.2) is 52.6 Å². The summed E-state index contributed by atoms with van der Waals surface area (Å²) < 4.78 is 11.6. The third-order valence-electron chi connectivity index (χ3n) is 6.56. The van der Waals surface area contributed by atoms with Crippen LogP contribution in [0.3, 0.4) is 0 Å². The minimum atomic E-state index is 0.401. The Hall–Kier alpha value is -2.93. The highest BCUT2D eigenvalue weighted by atomic mass is 16.5. The van der Waals surface area contributed by atoms with Crippen LogP contribution in [0.15, 0.2) is 42.6 Å². The van der Waals surface area contributed by atoms with Crippen LogP contribution in [0.25, 0.3) is 22.8 Å². The van der Waals surface area contributed by atoms with E-state index in [9.17, 15) is 0 Å². The number of aromatic amines is 1. The second-order valence-electron chi connectivity index (χ2n) is 8.72. The molecule has 0 bridgehead atoms. The molecule has 1 aliphatic carbocycles. The number of methoxy groups -OCH3 is 1. The molecular weight excluding hydrogens is 402 g/mol. The van der Waals surface area contributed by atoms with Crippen molar-refractivity contribution in [1.29, 1.82) is 0 Å². The Labute approximate surface area is 189 Å². The lowest BCUT2D eigenvalue weighted by atomic mass is 9.97. The fourth-order valence-electron chi connectivity index (χ4n) is 4.67. The van der Waals surface area contributed by atoms with Crippen LogP contribution in [0.4, 0.5) is 5.82 Å². The molecule has 32 heavy (non-hydrogen) atoms. The number of H-pyrrole nitrogens is 1. The van der Waals surface area contributed by atoms with Gasteiger partial charge in [-0.3, -0.25) is 5.10 Å². The van der Waals surface area contributed by atoms with Crippen molar-refractivity contribution in [3.63, 3.8) is 0 Å². The molecule has 3 heterocycles. The van der Waals surface area contributed by atoms with Crippen LogP contribution < -0.4 is 9.64 Å². The predicted molar refractivity (Wildman–Crippen MR) is 125 cm³/mol. The van der Waals surface area contributed by atoms with Gasteiger partial charge in [-0.25, -0.2) is 9.97 Å². The van der Waals surface area contributed by atoms with Gasteiger partial charge in [-0.05, 0) is 62.1 Å². The van der Waals surface area contributed by atoms with E-state index in [1.165, 1.54) is 32.1 Å². The van der Waals surface area contributed by atoms with Crippen molar-refractivity contribution in [1.82, 2.24) is 20.2 Å². The average Bonchev–Trinajstić information content (AvgIpc) is 3.36. The monoisotopic (exact) mass is 433 g/mol. The maximum absolute atomic E-state index is 6.37. The van der Waals surface area contributed by atoms with Gasteiger partial charge in [0.1, 0.15) is 11.6 Å². The first kappa shape index (κ1) is 20.9. The van der Waals surface area contributed by atoms with Gasteiger partial charge in [-0.2, -0.15) is 5.10 Å². The minimum absolute atomic E-state index is 0.401. The summed E-state index contributed by atoms with van der Waals surface area (Å²) in [5.74, 6) is 3.20. The molecule has 1 aromatic carbocycles. The van der Waals surface area contributed by atoms with Gasteiger partial charge in [-0.1, -0.05) is 19.3 Å². The van der Waals surface area contributed by atoms with Gasteiger partial charge >= 0.3 is 0 Å². The van der Waals surface area contributed by atoms with Crippen LogP contribution in [0.5, 0.6) is 5.75 Å². The van der Waals surface area contributed by atoms with Crippen LogP contribution in [-0.2, 0) is 4.74 Å². The quantitative estimate of drug-likeness (QED) is 0.598. The van der Waals surface area contributed by atoms with Crippen LogP contribution in [0, 0.1) is 0 Å². The van der Waals surface area contributed by atoms with E-state index < -0.39 is 0 Å². The second kappa shape index (κ2) is 9.69. The van der Waals surface area contributed by atoms with Crippen molar-refractivity contribution in [2.75, 3.05) is 25.1 Å². The number of nitrogens with zero attached hydrogens (tertiary/aromatic N) is 4. The molecule has 5 rings (SSSR count). The van der Waals surface area contributed by atoms with Crippen LogP contribution in [0.1, 0.15) is 44.9 Å². The highest BCUT2D eigenvalue weighted by Crippen LogP contribution is 2.27. The third kappa shape index (κ3) is 4.78. The van der Waals surface area contributed by atoms with E-state index in [0.717, 1.165) is 54.4 Å². The zero-order chi connectivity index (χ0) is 21.8. The zero-order valence-corrected chi connectivity index (χ0v) is 18.7. The number of piperidine rings is 1. The summed E-state index contributed by atoms with van der Waals surface area (Å²) in [4.78, 5) is 11.7. The first-order chi connectivity index (χ1) is 15.8. The highest BCUT2D eigenvalue weighted by molar-refractivity contribution is 5.62. The van der Waals surface area contributed by atoms with Gasteiger partial charge < -0.3 is 14.4 Å². The smallest absolute Gasteiger partial charge is 0.183 e. The molecule has 2 aliphatic rings. The van der Waals surface area contributed by atoms with Crippen molar-refractivity contribution >= 4 is 5.82 Å². The fourth-order valence-corrected chi connectivity index (χ4v) is 4.67. The summed E-state index contributed by atoms with van der Waals surface area (Å²) in [7, 11) is 1.66. The van der Waals surface area contributed by atoms with Gasteiger partial charge in [0, 0.05) is 30.4 Å². The van der Waals surface area contributed by atoms with Gasteiger partial charge in [0.2, 0.25) is 0 Å². The molecule has 1 aliphatic heterocycles. The molecule has 168 valence electrons. The summed E-state index contributed by atoms with van der Waals surface area (Å²) in [5.41, 5.74) is 1.87. The molecule has 1 saturated heterocycles. The van der Waals surface area contributed by atoms with E-state index in [-0.39, 0.29) is 0 Å². The molecule has 2 aromatic heterocycles. The molecule has 1 N–H and O–H groups in total. The number of hydrogen-bond donors (Lipinski definition) is 1. The Morgan fingerprint density at radius 2 is 1.59 bits per heavy atom. The Bertz CT molecular complexity index is 988. The normalized spacial score (nSPS) is 18.1. The molecule has 0 unspecified atom stereocenters. The molecule has 3 aromatic rings. The van der Waals surface area contributed by atoms with Crippen molar-refractivity contribution in [3.05, 3.63) is 42.6 Å². The van der Waals surface area contributed by atoms with Crippen molar-refractivity contribution in [2.24, 2.45) is 0 Å².